The molecule has 4 fully saturated rings. The van der Waals surface area contributed by atoms with Gasteiger partial charge in [0.05, 0.1) is 6.54 Å². The molecule has 4 aliphatic rings. The van der Waals surface area contributed by atoms with Gasteiger partial charge in [0, 0.05) is 6.54 Å². The molecule has 2 heteroatoms. The van der Waals surface area contributed by atoms with Crippen molar-refractivity contribution in [2.24, 2.45) is 23.2 Å². The number of hydrogen-bond donors (Lipinski definition) is 1. The Morgan fingerprint density at radius 3 is 2.26 bits per heavy atom. The number of rotatable bonds is 4. The van der Waals surface area contributed by atoms with Gasteiger partial charge in [-0.2, -0.15) is 0 Å². The molecule has 0 saturated heterocycles. The van der Waals surface area contributed by atoms with Crippen LogP contribution in [0, 0.1) is 30.1 Å². The second kappa shape index (κ2) is 4.37. The molecule has 19 heavy (non-hydrogen) atoms. The molecule has 0 atom stereocenters. The lowest BCUT2D eigenvalue weighted by Crippen LogP contribution is -2.50. The first-order valence-corrected chi connectivity index (χ1v) is 7.97. The third-order valence-corrected chi connectivity index (χ3v) is 5.76. The minimum atomic E-state index is 0.635. The molecule has 0 spiro atoms. The molecule has 4 bridgehead atoms. The van der Waals surface area contributed by atoms with E-state index in [0.29, 0.717) is 5.41 Å². The van der Waals surface area contributed by atoms with E-state index in [4.69, 9.17) is 4.42 Å². The minimum absolute atomic E-state index is 0.635. The highest BCUT2D eigenvalue weighted by atomic mass is 16.3. The molecule has 1 N–H and O–H groups in total. The van der Waals surface area contributed by atoms with Crippen LogP contribution in [0.15, 0.2) is 16.5 Å². The molecule has 4 aliphatic carbocycles. The molecule has 1 aromatic rings. The Bertz CT molecular complexity index is 426. The number of aryl methyl sites for hydroxylation is 1. The monoisotopic (exact) mass is 259 g/mol. The van der Waals surface area contributed by atoms with Crippen LogP contribution in [0.3, 0.4) is 0 Å². The van der Waals surface area contributed by atoms with Crippen LogP contribution >= 0.6 is 0 Å². The van der Waals surface area contributed by atoms with Gasteiger partial charge in [0.25, 0.3) is 0 Å². The maximum Gasteiger partial charge on any atom is 0.117 e. The molecular formula is C17H25NO. The second-order valence-corrected chi connectivity index (χ2v) is 7.53. The second-order valence-electron chi connectivity index (χ2n) is 7.53. The quantitative estimate of drug-likeness (QED) is 0.887. The maximum atomic E-state index is 5.64. The van der Waals surface area contributed by atoms with Crippen molar-refractivity contribution in [3.8, 4) is 0 Å². The van der Waals surface area contributed by atoms with Crippen molar-refractivity contribution >= 4 is 0 Å². The molecule has 4 saturated carbocycles. The van der Waals surface area contributed by atoms with Crippen molar-refractivity contribution in [1.29, 1.82) is 0 Å². The highest BCUT2D eigenvalue weighted by Gasteiger charge is 2.50. The van der Waals surface area contributed by atoms with E-state index in [2.05, 4.69) is 17.4 Å². The van der Waals surface area contributed by atoms with Gasteiger partial charge in [-0.25, -0.2) is 0 Å². The van der Waals surface area contributed by atoms with Gasteiger partial charge in [-0.3, -0.25) is 0 Å². The van der Waals surface area contributed by atoms with Crippen molar-refractivity contribution in [2.45, 2.75) is 52.0 Å². The molecule has 0 amide bonds. The van der Waals surface area contributed by atoms with E-state index in [1.807, 2.05) is 6.92 Å². The first kappa shape index (κ1) is 12.0. The third-order valence-electron chi connectivity index (χ3n) is 5.76. The van der Waals surface area contributed by atoms with Gasteiger partial charge in [-0.15, -0.1) is 0 Å². The number of hydrogen-bond acceptors (Lipinski definition) is 2. The van der Waals surface area contributed by atoms with E-state index in [-0.39, 0.29) is 0 Å². The van der Waals surface area contributed by atoms with E-state index in [0.717, 1.165) is 35.8 Å². The molecule has 0 aromatic carbocycles. The summed E-state index contributed by atoms with van der Waals surface area (Å²) < 4.78 is 5.64. The van der Waals surface area contributed by atoms with E-state index in [1.165, 1.54) is 45.1 Å². The number of furan rings is 1. The summed E-state index contributed by atoms with van der Waals surface area (Å²) in [5, 5.41) is 3.68. The van der Waals surface area contributed by atoms with Crippen molar-refractivity contribution in [1.82, 2.24) is 5.32 Å². The fourth-order valence-electron chi connectivity index (χ4n) is 5.54. The standard InChI is InChI=1S/C17H25NO/c1-12-2-3-16(19-12)10-18-11-17-7-13-4-14(8-17)6-15(5-13)9-17/h2-3,13-15,18H,4-11H2,1H3. The molecule has 0 aliphatic heterocycles. The topological polar surface area (TPSA) is 25.2 Å². The Kier molecular flexibility index (Phi) is 2.77. The number of nitrogens with one attached hydrogen (secondary N) is 1. The van der Waals surface area contributed by atoms with Gasteiger partial charge in [0.2, 0.25) is 0 Å². The van der Waals surface area contributed by atoms with Crippen LogP contribution in [-0.2, 0) is 6.54 Å². The Labute approximate surface area is 116 Å². The highest BCUT2D eigenvalue weighted by molar-refractivity contribution is 5.06. The average Bonchev–Trinajstić information content (AvgIpc) is 2.73. The fraction of sp³-hybridized carbons (Fsp3) is 0.765. The zero-order valence-corrected chi connectivity index (χ0v) is 12.0. The average molecular weight is 259 g/mol. The molecule has 0 unspecified atom stereocenters. The molecule has 104 valence electrons. The maximum absolute atomic E-state index is 5.64. The van der Waals surface area contributed by atoms with Crippen LogP contribution in [0.5, 0.6) is 0 Å². The predicted molar refractivity (Wildman–Crippen MR) is 75.8 cm³/mol. The summed E-state index contributed by atoms with van der Waals surface area (Å²) in [6.45, 7) is 4.12. The molecule has 0 radical (unpaired) electrons. The van der Waals surface area contributed by atoms with Crippen molar-refractivity contribution in [3.63, 3.8) is 0 Å². The van der Waals surface area contributed by atoms with Gasteiger partial charge >= 0.3 is 0 Å². The SMILES string of the molecule is Cc1ccc(CNCC23CC4CC(CC(C4)C2)C3)o1. The van der Waals surface area contributed by atoms with Crippen LogP contribution in [-0.4, -0.2) is 6.54 Å². The van der Waals surface area contributed by atoms with Gasteiger partial charge in [0.1, 0.15) is 11.5 Å². The van der Waals surface area contributed by atoms with Crippen LogP contribution in [0.25, 0.3) is 0 Å². The van der Waals surface area contributed by atoms with Crippen LogP contribution in [0.4, 0.5) is 0 Å². The summed E-state index contributed by atoms with van der Waals surface area (Å²) in [4.78, 5) is 0. The zero-order chi connectivity index (χ0) is 12.9. The Hall–Kier alpha value is -0.760. The summed E-state index contributed by atoms with van der Waals surface area (Å²) in [7, 11) is 0. The lowest BCUT2D eigenvalue weighted by atomic mass is 9.49. The van der Waals surface area contributed by atoms with E-state index < -0.39 is 0 Å². The predicted octanol–water partition coefficient (Wildman–Crippen LogP) is 3.89. The van der Waals surface area contributed by atoms with E-state index in [1.54, 1.807) is 0 Å². The van der Waals surface area contributed by atoms with Gasteiger partial charge in [0.15, 0.2) is 0 Å². The molecule has 1 aromatic heterocycles. The van der Waals surface area contributed by atoms with Gasteiger partial charge in [-0.05, 0) is 80.8 Å². The van der Waals surface area contributed by atoms with Crippen LogP contribution < -0.4 is 5.32 Å². The smallest absolute Gasteiger partial charge is 0.117 e. The van der Waals surface area contributed by atoms with Crippen LogP contribution in [0.2, 0.25) is 0 Å². The summed E-state index contributed by atoms with van der Waals surface area (Å²) in [5.41, 5.74) is 0.635. The molecule has 1 heterocycles. The highest BCUT2D eigenvalue weighted by Crippen LogP contribution is 2.59. The van der Waals surface area contributed by atoms with E-state index in [9.17, 15) is 0 Å². The van der Waals surface area contributed by atoms with Gasteiger partial charge < -0.3 is 9.73 Å². The third kappa shape index (κ3) is 2.24. The van der Waals surface area contributed by atoms with Crippen molar-refractivity contribution in [3.05, 3.63) is 23.7 Å². The summed E-state index contributed by atoms with van der Waals surface area (Å²) in [6.07, 6.45) is 9.08. The fourth-order valence-corrected chi connectivity index (χ4v) is 5.54. The largest absolute Gasteiger partial charge is 0.465 e. The summed E-state index contributed by atoms with van der Waals surface area (Å²) in [5.74, 6) is 5.27. The molecule has 2 nitrogen and oxygen atoms in total. The summed E-state index contributed by atoms with van der Waals surface area (Å²) >= 11 is 0. The first-order valence-electron chi connectivity index (χ1n) is 7.97. The zero-order valence-electron chi connectivity index (χ0n) is 12.0. The Morgan fingerprint density at radius 2 is 1.74 bits per heavy atom. The van der Waals surface area contributed by atoms with Crippen molar-refractivity contribution in [2.75, 3.05) is 6.54 Å². The first-order chi connectivity index (χ1) is 9.21. The van der Waals surface area contributed by atoms with E-state index >= 15 is 0 Å². The lowest BCUT2D eigenvalue weighted by Gasteiger charge is -2.57. The molecular weight excluding hydrogens is 234 g/mol. The summed E-state index contributed by atoms with van der Waals surface area (Å²) in [6, 6.07) is 4.16. The minimum Gasteiger partial charge on any atom is -0.465 e. The van der Waals surface area contributed by atoms with Gasteiger partial charge in [-0.1, -0.05) is 0 Å². The lowest BCUT2D eigenvalue weighted by molar-refractivity contribution is -0.0515. The van der Waals surface area contributed by atoms with Crippen LogP contribution in [0.1, 0.15) is 50.0 Å². The Morgan fingerprint density at radius 1 is 1.11 bits per heavy atom. The normalized spacial score (nSPS) is 39.9. The molecule has 5 rings (SSSR count). The van der Waals surface area contributed by atoms with Crippen molar-refractivity contribution < 1.29 is 4.42 Å². The Balaban J connectivity index is 1.37.